The lowest BCUT2D eigenvalue weighted by molar-refractivity contribution is 0.116. The summed E-state index contributed by atoms with van der Waals surface area (Å²) < 4.78 is 8.92. The molecule has 4 aromatic rings. The van der Waals surface area contributed by atoms with Crippen molar-refractivity contribution in [1.29, 1.82) is 0 Å². The maximum absolute atomic E-state index is 10.2. The predicted molar refractivity (Wildman–Crippen MR) is 113 cm³/mol. The van der Waals surface area contributed by atoms with E-state index in [4.69, 9.17) is 4.74 Å². The smallest absolute Gasteiger partial charge is 0.184 e. The molecule has 0 amide bonds. The molecular weight excluding hydrogens is 386 g/mol. The number of thiazole rings is 1. The lowest BCUT2D eigenvalue weighted by atomic mass is 9.93. The quantitative estimate of drug-likeness (QED) is 0.511. The zero-order valence-electron chi connectivity index (χ0n) is 15.7. The molecule has 3 aromatic heterocycles. The fraction of sp³-hybridized carbons (Fsp3) is 0.286. The van der Waals surface area contributed by atoms with Crippen molar-refractivity contribution in [3.05, 3.63) is 55.2 Å². The van der Waals surface area contributed by atoms with Crippen molar-refractivity contribution >= 4 is 26.7 Å². The second kappa shape index (κ2) is 7.81. The minimum Gasteiger partial charge on any atom is -0.457 e. The van der Waals surface area contributed by atoms with Crippen molar-refractivity contribution < 1.29 is 9.84 Å². The topological polar surface area (TPSA) is 85.1 Å². The van der Waals surface area contributed by atoms with Gasteiger partial charge in [-0.3, -0.25) is 4.57 Å². The fourth-order valence-corrected chi connectivity index (χ4v) is 4.56. The van der Waals surface area contributed by atoms with Crippen molar-refractivity contribution in [3.63, 3.8) is 0 Å². The van der Waals surface area contributed by atoms with E-state index in [1.165, 1.54) is 0 Å². The number of anilines is 1. The lowest BCUT2D eigenvalue weighted by Gasteiger charge is -2.27. The standard InChI is InChI=1S/C21H21N5O2S/c27-18-4-2-1-3-16(18)24-21-25-17-6-5-14(11-19(17)29-21)28-15-7-8-23-20(12-15)26-10-9-22-13-26/h5-13,16,18,27H,1-4H2,(H,24,25)/t16-,18-/m1/s1. The van der Waals surface area contributed by atoms with Crippen LogP contribution < -0.4 is 10.1 Å². The van der Waals surface area contributed by atoms with Crippen LogP contribution in [0.3, 0.4) is 0 Å². The molecule has 5 rings (SSSR count). The molecule has 2 N–H and O–H groups in total. The molecule has 1 aliphatic carbocycles. The molecule has 7 nitrogen and oxygen atoms in total. The van der Waals surface area contributed by atoms with E-state index in [9.17, 15) is 5.11 Å². The maximum Gasteiger partial charge on any atom is 0.184 e. The maximum atomic E-state index is 10.2. The van der Waals surface area contributed by atoms with Crippen molar-refractivity contribution in [1.82, 2.24) is 19.5 Å². The average molecular weight is 407 g/mol. The number of pyridine rings is 1. The zero-order chi connectivity index (χ0) is 19.6. The number of hydrogen-bond acceptors (Lipinski definition) is 7. The van der Waals surface area contributed by atoms with E-state index >= 15 is 0 Å². The monoisotopic (exact) mass is 407 g/mol. The normalized spacial score (nSPS) is 19.3. The van der Waals surface area contributed by atoms with Crippen LogP contribution in [0.2, 0.25) is 0 Å². The van der Waals surface area contributed by atoms with Crippen molar-refractivity contribution in [3.8, 4) is 17.3 Å². The van der Waals surface area contributed by atoms with Gasteiger partial charge in [0.15, 0.2) is 5.13 Å². The second-order valence-electron chi connectivity index (χ2n) is 7.17. The molecular formula is C21H21N5O2S. The summed E-state index contributed by atoms with van der Waals surface area (Å²) in [7, 11) is 0. The molecule has 29 heavy (non-hydrogen) atoms. The molecule has 0 radical (unpaired) electrons. The van der Waals surface area contributed by atoms with Gasteiger partial charge >= 0.3 is 0 Å². The Kier molecular flexibility index (Phi) is 4.87. The molecule has 0 spiro atoms. The lowest BCUT2D eigenvalue weighted by Crippen LogP contribution is -2.36. The summed E-state index contributed by atoms with van der Waals surface area (Å²) in [6.07, 6.45) is 10.7. The average Bonchev–Trinajstić information content (AvgIpc) is 3.39. The van der Waals surface area contributed by atoms with Crippen LogP contribution in [-0.2, 0) is 0 Å². The van der Waals surface area contributed by atoms with Crippen molar-refractivity contribution in [2.75, 3.05) is 5.32 Å². The number of aromatic nitrogens is 4. The van der Waals surface area contributed by atoms with Crippen molar-refractivity contribution in [2.24, 2.45) is 0 Å². The number of benzene rings is 1. The first-order valence-corrected chi connectivity index (χ1v) is 10.5. The first-order chi connectivity index (χ1) is 14.2. The predicted octanol–water partition coefficient (Wildman–Crippen LogP) is 4.38. The van der Waals surface area contributed by atoms with E-state index in [0.717, 1.165) is 52.6 Å². The minimum absolute atomic E-state index is 0.0819. The van der Waals surface area contributed by atoms with Crippen LogP contribution in [0.1, 0.15) is 25.7 Å². The SMILES string of the molecule is O[C@@H]1CCCC[C@H]1Nc1nc2ccc(Oc3ccnc(-n4ccnc4)c3)cc2s1. The van der Waals surface area contributed by atoms with Crippen molar-refractivity contribution in [2.45, 2.75) is 37.8 Å². The van der Waals surface area contributed by atoms with Crippen LogP contribution in [0.5, 0.6) is 11.5 Å². The number of aliphatic hydroxyl groups excluding tert-OH is 1. The Morgan fingerprint density at radius 3 is 2.86 bits per heavy atom. The second-order valence-corrected chi connectivity index (χ2v) is 8.20. The number of ether oxygens (including phenoxy) is 1. The summed E-state index contributed by atoms with van der Waals surface area (Å²) >= 11 is 1.58. The summed E-state index contributed by atoms with van der Waals surface area (Å²) in [5.41, 5.74) is 0.920. The number of hydrogen-bond donors (Lipinski definition) is 2. The van der Waals surface area contributed by atoms with Crippen LogP contribution in [0, 0.1) is 0 Å². The molecule has 148 valence electrons. The van der Waals surface area contributed by atoms with Crippen LogP contribution in [-0.4, -0.2) is 36.8 Å². The van der Waals surface area contributed by atoms with Gasteiger partial charge in [-0.15, -0.1) is 0 Å². The van der Waals surface area contributed by atoms with Crippen LogP contribution >= 0.6 is 11.3 Å². The van der Waals surface area contributed by atoms with Gasteiger partial charge in [-0.1, -0.05) is 24.2 Å². The van der Waals surface area contributed by atoms with Gasteiger partial charge in [-0.2, -0.15) is 0 Å². The summed E-state index contributed by atoms with van der Waals surface area (Å²) in [5, 5.41) is 14.4. The van der Waals surface area contributed by atoms with E-state index in [2.05, 4.69) is 20.3 Å². The molecule has 8 heteroatoms. The molecule has 1 saturated carbocycles. The van der Waals surface area contributed by atoms with Gasteiger partial charge < -0.3 is 15.2 Å². The molecule has 1 fully saturated rings. The van der Waals surface area contributed by atoms with Gasteiger partial charge in [0.1, 0.15) is 23.6 Å². The summed E-state index contributed by atoms with van der Waals surface area (Å²) in [5.74, 6) is 2.20. The van der Waals surface area contributed by atoms with Gasteiger partial charge in [0.05, 0.1) is 22.4 Å². The Hall–Kier alpha value is -2.97. The van der Waals surface area contributed by atoms with E-state index in [-0.39, 0.29) is 12.1 Å². The Balaban J connectivity index is 1.34. The highest BCUT2D eigenvalue weighted by Gasteiger charge is 2.23. The summed E-state index contributed by atoms with van der Waals surface area (Å²) in [6.45, 7) is 0. The minimum atomic E-state index is -0.300. The van der Waals surface area contributed by atoms with Gasteiger partial charge in [0.25, 0.3) is 0 Å². The third-order valence-corrected chi connectivity index (χ3v) is 6.07. The largest absolute Gasteiger partial charge is 0.457 e. The molecule has 0 saturated heterocycles. The zero-order valence-corrected chi connectivity index (χ0v) is 16.5. The van der Waals surface area contributed by atoms with Crippen LogP contribution in [0.15, 0.2) is 55.2 Å². The number of nitrogens with zero attached hydrogens (tertiary/aromatic N) is 4. The molecule has 0 aliphatic heterocycles. The van der Waals surface area contributed by atoms with Crippen LogP contribution in [0.4, 0.5) is 5.13 Å². The number of rotatable bonds is 5. The first kappa shape index (κ1) is 18.1. The molecule has 2 atom stereocenters. The number of imidazole rings is 1. The van der Waals surface area contributed by atoms with E-state index in [0.29, 0.717) is 5.75 Å². The Bertz CT molecular complexity index is 1110. The fourth-order valence-electron chi connectivity index (χ4n) is 3.60. The highest BCUT2D eigenvalue weighted by atomic mass is 32.1. The molecule has 0 bridgehead atoms. The van der Waals surface area contributed by atoms with Gasteiger partial charge in [-0.05, 0) is 31.0 Å². The third-order valence-electron chi connectivity index (χ3n) is 5.12. The van der Waals surface area contributed by atoms with E-state index in [1.54, 1.807) is 30.1 Å². The number of nitrogens with one attached hydrogen (secondary N) is 1. The van der Waals surface area contributed by atoms with E-state index < -0.39 is 0 Å². The Labute approximate surface area is 172 Å². The first-order valence-electron chi connectivity index (χ1n) is 9.72. The molecule has 1 aromatic carbocycles. The Morgan fingerprint density at radius 2 is 2.00 bits per heavy atom. The van der Waals surface area contributed by atoms with E-state index in [1.807, 2.05) is 41.1 Å². The summed E-state index contributed by atoms with van der Waals surface area (Å²) in [6, 6.07) is 9.65. The Morgan fingerprint density at radius 1 is 1.10 bits per heavy atom. The van der Waals surface area contributed by atoms with Crippen LogP contribution in [0.25, 0.3) is 16.0 Å². The molecule has 1 aliphatic rings. The van der Waals surface area contributed by atoms with Gasteiger partial charge in [0.2, 0.25) is 0 Å². The number of aliphatic hydroxyl groups is 1. The van der Waals surface area contributed by atoms with Gasteiger partial charge in [-0.25, -0.2) is 15.0 Å². The third kappa shape index (κ3) is 3.94. The highest BCUT2D eigenvalue weighted by Crippen LogP contribution is 2.33. The molecule has 0 unspecified atom stereocenters. The highest BCUT2D eigenvalue weighted by molar-refractivity contribution is 7.22. The molecule has 3 heterocycles. The summed E-state index contributed by atoms with van der Waals surface area (Å²) in [4.78, 5) is 13.1. The van der Waals surface area contributed by atoms with Gasteiger partial charge in [0, 0.05) is 30.7 Å². The number of fused-ring (bicyclic) bond motifs is 1.